The van der Waals surface area contributed by atoms with Gasteiger partial charge in [-0.05, 0) is 30.7 Å². The van der Waals surface area contributed by atoms with Crippen molar-refractivity contribution < 1.29 is 4.79 Å². The van der Waals surface area contributed by atoms with Gasteiger partial charge >= 0.3 is 0 Å². The van der Waals surface area contributed by atoms with Crippen LogP contribution in [-0.2, 0) is 11.8 Å². The van der Waals surface area contributed by atoms with Gasteiger partial charge in [-0.25, -0.2) is 0 Å². The maximum atomic E-state index is 12.3. The topological polar surface area (TPSA) is 59.8 Å². The third-order valence-electron chi connectivity index (χ3n) is 4.65. The fourth-order valence-corrected chi connectivity index (χ4v) is 5.03. The maximum absolute atomic E-state index is 12.3. The number of hydrogen-bond donors (Lipinski definition) is 1. The lowest BCUT2D eigenvalue weighted by Crippen LogP contribution is -2.14. The molecule has 2 aromatic heterocycles. The Hall–Kier alpha value is -2.32. The molecule has 0 fully saturated rings. The fraction of sp³-hybridized carbons (Fsp3) is 0.136. The number of rotatable bonds is 6. The largest absolute Gasteiger partial charge is 0.325 e. The molecule has 0 spiro atoms. The molecule has 5 nitrogen and oxygen atoms in total. The van der Waals surface area contributed by atoms with E-state index in [2.05, 4.69) is 40.0 Å². The van der Waals surface area contributed by atoms with Crippen molar-refractivity contribution in [2.24, 2.45) is 7.05 Å². The van der Waals surface area contributed by atoms with Crippen molar-refractivity contribution in [1.29, 1.82) is 0 Å². The van der Waals surface area contributed by atoms with Gasteiger partial charge < -0.3 is 9.88 Å². The number of carbonyl (C=O) groups excluding carboxylic acids is 1. The van der Waals surface area contributed by atoms with Gasteiger partial charge in [-0.3, -0.25) is 4.79 Å². The molecule has 4 aromatic rings. The van der Waals surface area contributed by atoms with E-state index < -0.39 is 0 Å². The van der Waals surface area contributed by atoms with Crippen LogP contribution in [0.15, 0.2) is 59.1 Å². The number of hydrogen-bond acceptors (Lipinski definition) is 5. The average molecular weight is 489 g/mol. The Morgan fingerprint density at radius 3 is 2.65 bits per heavy atom. The summed E-state index contributed by atoms with van der Waals surface area (Å²) in [7, 11) is 1.91. The Balaban J connectivity index is 1.49. The fourth-order valence-electron chi connectivity index (χ4n) is 3.16. The first-order valence-electron chi connectivity index (χ1n) is 9.35. The molecule has 1 N–H and O–H groups in total. The van der Waals surface area contributed by atoms with Crippen molar-refractivity contribution in [1.82, 2.24) is 14.8 Å². The Kier molecular flexibility index (Phi) is 6.67. The quantitative estimate of drug-likeness (QED) is 0.312. The minimum absolute atomic E-state index is 0.163. The van der Waals surface area contributed by atoms with E-state index in [0.29, 0.717) is 20.9 Å². The molecule has 0 atom stereocenters. The lowest BCUT2D eigenvalue weighted by atomic mass is 10.0. The molecule has 0 saturated heterocycles. The van der Waals surface area contributed by atoms with Crippen molar-refractivity contribution in [2.75, 3.05) is 11.1 Å². The number of nitrogens with one attached hydrogen (secondary N) is 1. The molecule has 0 saturated carbocycles. The molecular formula is C22H18Cl2N4OS2. The van der Waals surface area contributed by atoms with E-state index in [0.717, 1.165) is 22.5 Å². The third-order valence-corrected chi connectivity index (χ3v) is 7.32. The standard InChI is InChI=1S/C22H18Cl2N4OS2/c1-13-20(14-6-4-3-5-7-14)16(11-30-13)21-26-27-22(28(21)2)31-12-19(29)25-15-8-9-17(23)18(24)10-15/h3-11H,12H2,1-2H3,(H,25,29). The van der Waals surface area contributed by atoms with Gasteiger partial charge in [0.25, 0.3) is 0 Å². The van der Waals surface area contributed by atoms with E-state index >= 15 is 0 Å². The van der Waals surface area contributed by atoms with Gasteiger partial charge in [-0.1, -0.05) is 65.3 Å². The Labute approximate surface area is 198 Å². The first-order valence-corrected chi connectivity index (χ1v) is 12.0. The molecule has 0 aliphatic rings. The van der Waals surface area contributed by atoms with E-state index in [1.807, 2.05) is 29.8 Å². The number of anilines is 1. The number of benzene rings is 2. The van der Waals surface area contributed by atoms with Crippen LogP contribution in [0, 0.1) is 6.92 Å². The van der Waals surface area contributed by atoms with Crippen LogP contribution in [0.2, 0.25) is 10.0 Å². The lowest BCUT2D eigenvalue weighted by molar-refractivity contribution is -0.113. The van der Waals surface area contributed by atoms with E-state index in [1.165, 1.54) is 16.6 Å². The van der Waals surface area contributed by atoms with Gasteiger partial charge in [0, 0.05) is 34.1 Å². The minimum atomic E-state index is -0.163. The second-order valence-electron chi connectivity index (χ2n) is 6.78. The van der Waals surface area contributed by atoms with Gasteiger partial charge in [0.05, 0.1) is 15.8 Å². The summed E-state index contributed by atoms with van der Waals surface area (Å²) in [6.07, 6.45) is 0. The Bertz CT molecular complexity index is 1240. The van der Waals surface area contributed by atoms with Crippen LogP contribution in [0.25, 0.3) is 22.5 Å². The van der Waals surface area contributed by atoms with E-state index in [1.54, 1.807) is 29.5 Å². The molecular weight excluding hydrogens is 471 g/mol. The SMILES string of the molecule is Cc1scc(-c2nnc(SCC(=O)Nc3ccc(Cl)c(Cl)c3)n2C)c1-c1ccccc1. The molecule has 2 heterocycles. The molecule has 4 rings (SSSR count). The van der Waals surface area contributed by atoms with Crippen LogP contribution in [-0.4, -0.2) is 26.4 Å². The summed E-state index contributed by atoms with van der Waals surface area (Å²) in [4.78, 5) is 13.6. The van der Waals surface area contributed by atoms with Crippen molar-refractivity contribution in [3.05, 3.63) is 68.8 Å². The smallest absolute Gasteiger partial charge is 0.234 e. The highest BCUT2D eigenvalue weighted by Crippen LogP contribution is 2.38. The molecule has 9 heteroatoms. The van der Waals surface area contributed by atoms with Crippen molar-refractivity contribution >= 4 is 57.9 Å². The van der Waals surface area contributed by atoms with Gasteiger partial charge in [-0.15, -0.1) is 21.5 Å². The summed E-state index contributed by atoms with van der Waals surface area (Å²) in [5, 5.41) is 15.1. The monoisotopic (exact) mass is 488 g/mol. The predicted octanol–water partition coefficient (Wildman–Crippen LogP) is 6.56. The van der Waals surface area contributed by atoms with Gasteiger partial charge in [0.2, 0.25) is 5.91 Å². The van der Waals surface area contributed by atoms with E-state index in [4.69, 9.17) is 23.2 Å². The predicted molar refractivity (Wildman–Crippen MR) is 130 cm³/mol. The summed E-state index contributed by atoms with van der Waals surface area (Å²) >= 11 is 14.9. The highest BCUT2D eigenvalue weighted by atomic mass is 35.5. The zero-order valence-electron chi connectivity index (χ0n) is 16.7. The van der Waals surface area contributed by atoms with Crippen molar-refractivity contribution in [2.45, 2.75) is 12.1 Å². The van der Waals surface area contributed by atoms with Crippen LogP contribution in [0.5, 0.6) is 0 Å². The number of nitrogens with zero attached hydrogens (tertiary/aromatic N) is 3. The number of thioether (sulfide) groups is 1. The van der Waals surface area contributed by atoms with Crippen LogP contribution in [0.1, 0.15) is 4.88 Å². The number of aryl methyl sites for hydroxylation is 1. The van der Waals surface area contributed by atoms with Crippen molar-refractivity contribution in [3.63, 3.8) is 0 Å². The summed E-state index contributed by atoms with van der Waals surface area (Å²) < 4.78 is 1.92. The normalized spacial score (nSPS) is 11.0. The lowest BCUT2D eigenvalue weighted by Gasteiger charge is -2.08. The Morgan fingerprint density at radius 1 is 1.13 bits per heavy atom. The molecule has 1 amide bonds. The molecule has 158 valence electrons. The highest BCUT2D eigenvalue weighted by Gasteiger charge is 2.19. The molecule has 31 heavy (non-hydrogen) atoms. The molecule has 0 aliphatic heterocycles. The van der Waals surface area contributed by atoms with Crippen LogP contribution in [0.4, 0.5) is 5.69 Å². The molecule has 2 aromatic carbocycles. The zero-order valence-corrected chi connectivity index (χ0v) is 19.9. The first kappa shape index (κ1) is 21.9. The van der Waals surface area contributed by atoms with Crippen molar-refractivity contribution in [3.8, 4) is 22.5 Å². The minimum Gasteiger partial charge on any atom is -0.325 e. The zero-order chi connectivity index (χ0) is 22.0. The first-order chi connectivity index (χ1) is 14.9. The Morgan fingerprint density at radius 2 is 1.90 bits per heavy atom. The number of carbonyl (C=O) groups is 1. The summed E-state index contributed by atoms with van der Waals surface area (Å²) in [5.74, 6) is 0.806. The maximum Gasteiger partial charge on any atom is 0.234 e. The summed E-state index contributed by atoms with van der Waals surface area (Å²) in [6, 6.07) is 15.2. The number of amides is 1. The number of thiophene rings is 1. The third kappa shape index (κ3) is 4.80. The number of halogens is 2. The highest BCUT2D eigenvalue weighted by molar-refractivity contribution is 7.99. The molecule has 0 unspecified atom stereocenters. The van der Waals surface area contributed by atoms with E-state index in [9.17, 15) is 4.79 Å². The van der Waals surface area contributed by atoms with Crippen LogP contribution >= 0.6 is 46.3 Å². The molecule has 0 aliphatic carbocycles. The average Bonchev–Trinajstić information content (AvgIpc) is 3.32. The number of aromatic nitrogens is 3. The van der Waals surface area contributed by atoms with Crippen LogP contribution in [0.3, 0.4) is 0 Å². The van der Waals surface area contributed by atoms with Gasteiger partial charge in [0.1, 0.15) is 0 Å². The van der Waals surface area contributed by atoms with Crippen LogP contribution < -0.4 is 5.32 Å². The van der Waals surface area contributed by atoms with E-state index in [-0.39, 0.29) is 11.7 Å². The summed E-state index contributed by atoms with van der Waals surface area (Å²) in [6.45, 7) is 2.11. The second-order valence-corrected chi connectivity index (χ2v) is 9.62. The summed E-state index contributed by atoms with van der Waals surface area (Å²) in [5.41, 5.74) is 3.94. The van der Waals surface area contributed by atoms with Gasteiger partial charge in [0.15, 0.2) is 11.0 Å². The molecule has 0 bridgehead atoms. The van der Waals surface area contributed by atoms with Gasteiger partial charge in [-0.2, -0.15) is 0 Å². The molecule has 0 radical (unpaired) electrons. The second kappa shape index (κ2) is 9.44.